The largest absolute Gasteiger partial charge is 0.459 e. The Hall–Kier alpha value is -1.13. The van der Waals surface area contributed by atoms with Crippen molar-refractivity contribution >= 4 is 17.6 Å². The Balaban J connectivity index is 2.73. The molecule has 2 N–H and O–H groups in total. The third-order valence-corrected chi connectivity index (χ3v) is 2.47. The van der Waals surface area contributed by atoms with Crippen molar-refractivity contribution < 1.29 is 13.9 Å². The van der Waals surface area contributed by atoms with E-state index in [9.17, 15) is 9.18 Å². The summed E-state index contributed by atoms with van der Waals surface area (Å²) < 4.78 is 18.7. The van der Waals surface area contributed by atoms with Gasteiger partial charge in [-0.25, -0.2) is 4.39 Å². The average molecular weight is 274 g/mol. The predicted molar refractivity (Wildman–Crippen MR) is 68.9 cm³/mol. The minimum absolute atomic E-state index is 0.0175. The van der Waals surface area contributed by atoms with Crippen molar-refractivity contribution in [1.29, 1.82) is 0 Å². The fraction of sp³-hybridized carbons (Fsp3) is 0.462. The SMILES string of the molecule is CC(C)(C)OC(=O)C(N)Cc1cccc(Cl)c1F. The number of ether oxygens (including phenoxy) is 1. The van der Waals surface area contributed by atoms with Gasteiger partial charge in [-0.15, -0.1) is 0 Å². The highest BCUT2D eigenvalue weighted by Gasteiger charge is 2.23. The molecule has 0 aromatic heterocycles. The zero-order valence-electron chi connectivity index (χ0n) is 10.7. The van der Waals surface area contributed by atoms with Gasteiger partial charge in [0.25, 0.3) is 0 Å². The summed E-state index contributed by atoms with van der Waals surface area (Å²) in [6, 6.07) is 3.70. The molecule has 100 valence electrons. The molecule has 0 aliphatic carbocycles. The molecule has 0 saturated heterocycles. The van der Waals surface area contributed by atoms with Crippen LogP contribution in [0, 0.1) is 5.82 Å². The first-order chi connectivity index (χ1) is 8.20. The maximum absolute atomic E-state index is 13.6. The molecule has 18 heavy (non-hydrogen) atoms. The van der Waals surface area contributed by atoms with Crippen molar-refractivity contribution in [2.24, 2.45) is 5.73 Å². The van der Waals surface area contributed by atoms with Gasteiger partial charge in [0.1, 0.15) is 17.5 Å². The van der Waals surface area contributed by atoms with Crippen LogP contribution in [0.2, 0.25) is 5.02 Å². The van der Waals surface area contributed by atoms with Crippen LogP contribution in [0.5, 0.6) is 0 Å². The van der Waals surface area contributed by atoms with Gasteiger partial charge in [-0.05, 0) is 32.4 Å². The predicted octanol–water partition coefficient (Wildman–Crippen LogP) is 2.69. The van der Waals surface area contributed by atoms with Crippen LogP contribution in [-0.4, -0.2) is 17.6 Å². The van der Waals surface area contributed by atoms with Crippen molar-refractivity contribution in [1.82, 2.24) is 0 Å². The van der Waals surface area contributed by atoms with E-state index < -0.39 is 23.4 Å². The Morgan fingerprint density at radius 3 is 2.67 bits per heavy atom. The molecular formula is C13H17ClFNO2. The minimum Gasteiger partial charge on any atom is -0.459 e. The highest BCUT2D eigenvalue weighted by molar-refractivity contribution is 6.30. The standard InChI is InChI=1S/C13H17ClFNO2/c1-13(2,3)18-12(17)10(16)7-8-5-4-6-9(14)11(8)15/h4-6,10H,7,16H2,1-3H3. The molecule has 5 heteroatoms. The molecule has 0 fully saturated rings. The lowest BCUT2D eigenvalue weighted by atomic mass is 10.1. The van der Waals surface area contributed by atoms with Crippen LogP contribution in [0.4, 0.5) is 4.39 Å². The third-order valence-electron chi connectivity index (χ3n) is 2.18. The molecule has 0 saturated carbocycles. The number of benzene rings is 1. The van der Waals surface area contributed by atoms with E-state index in [0.717, 1.165) is 0 Å². The van der Waals surface area contributed by atoms with Crippen LogP contribution in [0.15, 0.2) is 18.2 Å². The summed E-state index contributed by atoms with van der Waals surface area (Å²) in [5.74, 6) is -1.10. The fourth-order valence-corrected chi connectivity index (χ4v) is 1.60. The second-order valence-electron chi connectivity index (χ2n) is 5.06. The summed E-state index contributed by atoms with van der Waals surface area (Å²) in [5.41, 5.74) is 5.39. The highest BCUT2D eigenvalue weighted by Crippen LogP contribution is 2.19. The molecule has 1 aromatic rings. The Morgan fingerprint density at radius 1 is 1.50 bits per heavy atom. The number of rotatable bonds is 3. The molecule has 1 rings (SSSR count). The summed E-state index contributed by atoms with van der Waals surface area (Å²) in [7, 11) is 0. The van der Waals surface area contributed by atoms with Gasteiger partial charge in [-0.1, -0.05) is 23.7 Å². The quantitative estimate of drug-likeness (QED) is 0.862. The molecule has 1 unspecified atom stereocenters. The van der Waals surface area contributed by atoms with Crippen LogP contribution < -0.4 is 5.73 Å². The van der Waals surface area contributed by atoms with Crippen molar-refractivity contribution in [2.75, 3.05) is 0 Å². The lowest BCUT2D eigenvalue weighted by Gasteiger charge is -2.22. The smallest absolute Gasteiger partial charge is 0.323 e. The number of hydrogen-bond donors (Lipinski definition) is 1. The average Bonchev–Trinajstić information content (AvgIpc) is 2.22. The second kappa shape index (κ2) is 5.67. The van der Waals surface area contributed by atoms with Crippen LogP contribution in [0.1, 0.15) is 26.3 Å². The molecule has 0 bridgehead atoms. The van der Waals surface area contributed by atoms with Gasteiger partial charge >= 0.3 is 5.97 Å². The van der Waals surface area contributed by atoms with Gasteiger partial charge in [0.15, 0.2) is 0 Å². The summed E-state index contributed by atoms with van der Waals surface area (Å²) in [6.45, 7) is 5.24. The van der Waals surface area contributed by atoms with Gasteiger partial charge in [-0.2, -0.15) is 0 Å². The highest BCUT2D eigenvalue weighted by atomic mass is 35.5. The number of halogens is 2. The number of esters is 1. The van der Waals surface area contributed by atoms with Crippen molar-refractivity contribution in [3.05, 3.63) is 34.6 Å². The second-order valence-corrected chi connectivity index (χ2v) is 5.46. The fourth-order valence-electron chi connectivity index (χ4n) is 1.40. The van der Waals surface area contributed by atoms with E-state index in [-0.39, 0.29) is 11.4 Å². The van der Waals surface area contributed by atoms with Crippen molar-refractivity contribution in [3.63, 3.8) is 0 Å². The lowest BCUT2D eigenvalue weighted by Crippen LogP contribution is -2.39. The zero-order chi connectivity index (χ0) is 13.9. The van der Waals surface area contributed by atoms with E-state index >= 15 is 0 Å². The first-order valence-electron chi connectivity index (χ1n) is 5.62. The van der Waals surface area contributed by atoms with E-state index in [0.29, 0.717) is 5.56 Å². The Labute approximate surface area is 111 Å². The number of nitrogens with two attached hydrogens (primary N) is 1. The summed E-state index contributed by atoms with van der Waals surface area (Å²) in [5, 5.41) is 0.0175. The number of hydrogen-bond acceptors (Lipinski definition) is 3. The van der Waals surface area contributed by atoms with Crippen molar-refractivity contribution in [2.45, 2.75) is 38.8 Å². The van der Waals surface area contributed by atoms with Gasteiger partial charge in [-0.3, -0.25) is 4.79 Å². The van der Waals surface area contributed by atoms with Gasteiger partial charge < -0.3 is 10.5 Å². The van der Waals surface area contributed by atoms with Crippen molar-refractivity contribution in [3.8, 4) is 0 Å². The summed E-state index contributed by atoms with van der Waals surface area (Å²) >= 11 is 5.65. The van der Waals surface area contributed by atoms with Crippen LogP contribution in [-0.2, 0) is 16.0 Å². The summed E-state index contributed by atoms with van der Waals surface area (Å²) in [4.78, 5) is 11.7. The zero-order valence-corrected chi connectivity index (χ0v) is 11.4. The Bertz CT molecular complexity index is 443. The lowest BCUT2D eigenvalue weighted by molar-refractivity contribution is -0.156. The Morgan fingerprint density at radius 2 is 2.11 bits per heavy atom. The molecule has 0 radical (unpaired) electrons. The minimum atomic E-state index is -0.905. The molecule has 0 amide bonds. The topological polar surface area (TPSA) is 52.3 Å². The maximum Gasteiger partial charge on any atom is 0.323 e. The molecule has 0 spiro atoms. The van der Waals surface area contributed by atoms with Crippen LogP contribution in [0.3, 0.4) is 0 Å². The van der Waals surface area contributed by atoms with E-state index in [1.165, 1.54) is 6.07 Å². The van der Waals surface area contributed by atoms with E-state index in [2.05, 4.69) is 0 Å². The number of carbonyl (C=O) groups excluding carboxylic acids is 1. The molecular weight excluding hydrogens is 257 g/mol. The van der Waals surface area contributed by atoms with Gasteiger partial charge in [0.05, 0.1) is 5.02 Å². The van der Waals surface area contributed by atoms with E-state index in [1.54, 1.807) is 32.9 Å². The molecule has 0 aliphatic rings. The first-order valence-corrected chi connectivity index (χ1v) is 6.00. The normalized spacial score (nSPS) is 13.2. The van der Waals surface area contributed by atoms with Crippen LogP contribution >= 0.6 is 11.6 Å². The molecule has 0 heterocycles. The number of carbonyl (C=O) groups is 1. The molecule has 3 nitrogen and oxygen atoms in total. The maximum atomic E-state index is 13.6. The first kappa shape index (κ1) is 14.9. The molecule has 0 aliphatic heterocycles. The van der Waals surface area contributed by atoms with Gasteiger partial charge in [0, 0.05) is 6.42 Å². The van der Waals surface area contributed by atoms with E-state index in [1.807, 2.05) is 0 Å². The molecule has 1 atom stereocenters. The Kier molecular flexibility index (Phi) is 4.71. The third kappa shape index (κ3) is 4.27. The van der Waals surface area contributed by atoms with E-state index in [4.69, 9.17) is 22.1 Å². The molecule has 1 aromatic carbocycles. The van der Waals surface area contributed by atoms with Gasteiger partial charge in [0.2, 0.25) is 0 Å². The van der Waals surface area contributed by atoms with Crippen LogP contribution in [0.25, 0.3) is 0 Å². The summed E-state index contributed by atoms with van der Waals surface area (Å²) in [6.07, 6.45) is 0.0569. The monoisotopic (exact) mass is 273 g/mol.